The van der Waals surface area contributed by atoms with Gasteiger partial charge in [-0.3, -0.25) is 4.90 Å². The maximum atomic E-state index is 12.1. The predicted molar refractivity (Wildman–Crippen MR) is 113 cm³/mol. The summed E-state index contributed by atoms with van der Waals surface area (Å²) in [6.45, 7) is 5.23. The molecule has 0 bridgehead atoms. The SMILES string of the molecule is COc1cc(CN(C)Cc2cc(=O)oc3c(C)c(C)ccc23)cc(OC)c1OC. The van der Waals surface area contributed by atoms with Crippen molar-refractivity contribution >= 4 is 11.0 Å². The molecule has 0 unspecified atom stereocenters. The molecule has 0 N–H and O–H groups in total. The summed E-state index contributed by atoms with van der Waals surface area (Å²) in [5.74, 6) is 1.80. The predicted octanol–water partition coefficient (Wildman–Crippen LogP) is 4.07. The van der Waals surface area contributed by atoms with Gasteiger partial charge in [-0.25, -0.2) is 4.79 Å². The van der Waals surface area contributed by atoms with E-state index in [4.69, 9.17) is 18.6 Å². The molecule has 1 heterocycles. The van der Waals surface area contributed by atoms with Crippen LogP contribution in [0.4, 0.5) is 0 Å². The summed E-state index contributed by atoms with van der Waals surface area (Å²) in [6, 6.07) is 9.51. The molecule has 3 rings (SSSR count). The molecule has 0 aliphatic heterocycles. The molecule has 0 radical (unpaired) electrons. The van der Waals surface area contributed by atoms with Gasteiger partial charge in [-0.15, -0.1) is 0 Å². The van der Waals surface area contributed by atoms with E-state index in [1.54, 1.807) is 27.4 Å². The van der Waals surface area contributed by atoms with Crippen molar-refractivity contribution in [3.8, 4) is 17.2 Å². The Kier molecular flexibility index (Phi) is 6.13. The van der Waals surface area contributed by atoms with Gasteiger partial charge in [0.2, 0.25) is 5.75 Å². The molecule has 0 atom stereocenters. The van der Waals surface area contributed by atoms with E-state index in [2.05, 4.69) is 11.0 Å². The van der Waals surface area contributed by atoms with E-state index in [9.17, 15) is 4.79 Å². The van der Waals surface area contributed by atoms with Gasteiger partial charge in [0.05, 0.1) is 21.3 Å². The van der Waals surface area contributed by atoms with Crippen molar-refractivity contribution in [1.82, 2.24) is 4.90 Å². The maximum Gasteiger partial charge on any atom is 0.336 e. The number of hydrogen-bond donors (Lipinski definition) is 0. The normalized spacial score (nSPS) is 11.1. The van der Waals surface area contributed by atoms with E-state index in [0.29, 0.717) is 35.9 Å². The number of fused-ring (bicyclic) bond motifs is 1. The van der Waals surface area contributed by atoms with Crippen molar-refractivity contribution in [2.75, 3.05) is 28.4 Å². The van der Waals surface area contributed by atoms with Gasteiger partial charge in [0.1, 0.15) is 5.58 Å². The maximum absolute atomic E-state index is 12.1. The molecular formula is C23H27NO5. The second-order valence-electron chi connectivity index (χ2n) is 7.18. The van der Waals surface area contributed by atoms with E-state index >= 15 is 0 Å². The van der Waals surface area contributed by atoms with Crippen LogP contribution in [0.1, 0.15) is 22.3 Å². The molecule has 0 saturated carbocycles. The lowest BCUT2D eigenvalue weighted by molar-refractivity contribution is 0.309. The Morgan fingerprint density at radius 2 is 1.59 bits per heavy atom. The Morgan fingerprint density at radius 3 is 2.17 bits per heavy atom. The lowest BCUT2D eigenvalue weighted by Crippen LogP contribution is -2.19. The summed E-state index contributed by atoms with van der Waals surface area (Å²) in [5, 5.41) is 0.962. The topological polar surface area (TPSA) is 61.1 Å². The quantitative estimate of drug-likeness (QED) is 0.560. The summed E-state index contributed by atoms with van der Waals surface area (Å²) in [4.78, 5) is 14.2. The first-order valence-electron chi connectivity index (χ1n) is 9.38. The smallest absolute Gasteiger partial charge is 0.336 e. The zero-order chi connectivity index (χ0) is 21.1. The first-order chi connectivity index (χ1) is 13.9. The van der Waals surface area contributed by atoms with Crippen LogP contribution < -0.4 is 19.8 Å². The molecule has 29 heavy (non-hydrogen) atoms. The molecule has 0 saturated heterocycles. The number of aryl methyl sites for hydroxylation is 2. The van der Waals surface area contributed by atoms with E-state index < -0.39 is 0 Å². The van der Waals surface area contributed by atoms with Crippen LogP contribution in [0, 0.1) is 13.8 Å². The zero-order valence-corrected chi connectivity index (χ0v) is 17.8. The summed E-state index contributed by atoms with van der Waals surface area (Å²) in [6.07, 6.45) is 0. The largest absolute Gasteiger partial charge is 0.493 e. The molecule has 0 aliphatic carbocycles. The number of methoxy groups -OCH3 is 3. The van der Waals surface area contributed by atoms with Gasteiger partial charge in [0, 0.05) is 24.5 Å². The average molecular weight is 397 g/mol. The fourth-order valence-corrected chi connectivity index (χ4v) is 3.54. The lowest BCUT2D eigenvalue weighted by atomic mass is 10.0. The van der Waals surface area contributed by atoms with Crippen LogP contribution >= 0.6 is 0 Å². The van der Waals surface area contributed by atoms with Crippen molar-refractivity contribution < 1.29 is 18.6 Å². The highest BCUT2D eigenvalue weighted by Crippen LogP contribution is 2.38. The third-order valence-corrected chi connectivity index (χ3v) is 5.13. The van der Waals surface area contributed by atoms with Crippen LogP contribution in [0.25, 0.3) is 11.0 Å². The van der Waals surface area contributed by atoms with Crippen LogP contribution in [-0.2, 0) is 13.1 Å². The molecule has 1 aromatic heterocycles. The van der Waals surface area contributed by atoms with Crippen LogP contribution in [0.2, 0.25) is 0 Å². The number of rotatable bonds is 7. The average Bonchev–Trinajstić information content (AvgIpc) is 2.70. The monoisotopic (exact) mass is 397 g/mol. The zero-order valence-electron chi connectivity index (χ0n) is 17.8. The fraction of sp³-hybridized carbons (Fsp3) is 0.348. The van der Waals surface area contributed by atoms with Gasteiger partial charge >= 0.3 is 5.63 Å². The highest BCUT2D eigenvalue weighted by Gasteiger charge is 2.15. The molecule has 6 nitrogen and oxygen atoms in total. The van der Waals surface area contributed by atoms with Crippen LogP contribution in [-0.4, -0.2) is 33.3 Å². The van der Waals surface area contributed by atoms with Crippen LogP contribution in [0.5, 0.6) is 17.2 Å². The Balaban J connectivity index is 1.91. The Hall–Kier alpha value is -2.99. The highest BCUT2D eigenvalue weighted by atomic mass is 16.5. The first kappa shape index (κ1) is 20.7. The minimum Gasteiger partial charge on any atom is -0.493 e. The van der Waals surface area contributed by atoms with Gasteiger partial charge in [-0.2, -0.15) is 0 Å². The van der Waals surface area contributed by atoms with Gasteiger partial charge in [-0.05, 0) is 55.3 Å². The summed E-state index contributed by atoms with van der Waals surface area (Å²) in [5.41, 5.74) is 4.38. The molecule has 0 fully saturated rings. The van der Waals surface area contributed by atoms with E-state index in [1.165, 1.54) is 0 Å². The molecule has 3 aromatic rings. The van der Waals surface area contributed by atoms with Gasteiger partial charge in [0.25, 0.3) is 0 Å². The third-order valence-electron chi connectivity index (χ3n) is 5.13. The Bertz CT molecular complexity index is 1060. The third kappa shape index (κ3) is 4.22. The number of nitrogens with zero attached hydrogens (tertiary/aromatic N) is 1. The van der Waals surface area contributed by atoms with Crippen molar-refractivity contribution in [2.45, 2.75) is 26.9 Å². The Labute approximate surface area is 170 Å². The lowest BCUT2D eigenvalue weighted by Gasteiger charge is -2.20. The highest BCUT2D eigenvalue weighted by molar-refractivity contribution is 5.83. The van der Waals surface area contributed by atoms with Crippen LogP contribution in [0.3, 0.4) is 0 Å². The summed E-state index contributed by atoms with van der Waals surface area (Å²) >= 11 is 0. The number of benzene rings is 2. The molecule has 0 aliphatic rings. The number of ether oxygens (including phenoxy) is 3. The summed E-state index contributed by atoms with van der Waals surface area (Å²) < 4.78 is 21.7. The molecular weight excluding hydrogens is 370 g/mol. The van der Waals surface area contributed by atoms with Crippen LogP contribution in [0.15, 0.2) is 39.5 Å². The van der Waals surface area contributed by atoms with Gasteiger partial charge < -0.3 is 18.6 Å². The van der Waals surface area contributed by atoms with Gasteiger partial charge in [0.15, 0.2) is 11.5 Å². The fourth-order valence-electron chi connectivity index (χ4n) is 3.54. The first-order valence-corrected chi connectivity index (χ1v) is 9.38. The molecule has 0 spiro atoms. The molecule has 0 amide bonds. The van der Waals surface area contributed by atoms with Crippen molar-refractivity contribution in [1.29, 1.82) is 0 Å². The second kappa shape index (κ2) is 8.57. The van der Waals surface area contributed by atoms with Crippen molar-refractivity contribution in [3.63, 3.8) is 0 Å². The standard InChI is InChI=1S/C23H27NO5/c1-14-7-8-18-17(11-21(25)29-22(18)15(14)2)13-24(3)12-16-9-19(26-4)23(28-6)20(10-16)27-5/h7-11H,12-13H2,1-6H3. The minimum absolute atomic E-state index is 0.331. The minimum atomic E-state index is -0.331. The molecule has 6 heteroatoms. The molecule has 2 aromatic carbocycles. The molecule has 154 valence electrons. The van der Waals surface area contributed by atoms with E-state index in [-0.39, 0.29) is 5.63 Å². The van der Waals surface area contributed by atoms with E-state index in [1.807, 2.05) is 39.1 Å². The second-order valence-corrected chi connectivity index (χ2v) is 7.18. The van der Waals surface area contributed by atoms with Crippen molar-refractivity contribution in [3.05, 3.63) is 63.0 Å². The summed E-state index contributed by atoms with van der Waals surface area (Å²) in [7, 11) is 6.79. The van der Waals surface area contributed by atoms with E-state index in [0.717, 1.165) is 27.6 Å². The number of hydrogen-bond acceptors (Lipinski definition) is 6. The van der Waals surface area contributed by atoms with Gasteiger partial charge in [-0.1, -0.05) is 12.1 Å². The van der Waals surface area contributed by atoms with Crippen molar-refractivity contribution in [2.24, 2.45) is 0 Å². The Morgan fingerprint density at radius 1 is 0.931 bits per heavy atom.